The van der Waals surface area contributed by atoms with E-state index >= 15 is 0 Å². The number of thiazole rings is 1. The molecule has 6 heteroatoms. The summed E-state index contributed by atoms with van der Waals surface area (Å²) in [6.07, 6.45) is 3.66. The fraction of sp³-hybridized carbons (Fsp3) is 0.0769. The lowest BCUT2D eigenvalue weighted by Crippen LogP contribution is -2.12. The number of anilines is 1. The van der Waals surface area contributed by atoms with E-state index in [1.807, 2.05) is 29.7 Å². The molecule has 4 nitrogen and oxygen atoms in total. The lowest BCUT2D eigenvalue weighted by Gasteiger charge is -2.04. The van der Waals surface area contributed by atoms with Gasteiger partial charge in [0.25, 0.3) is 5.91 Å². The van der Waals surface area contributed by atoms with Crippen molar-refractivity contribution in [2.24, 2.45) is 0 Å². The van der Waals surface area contributed by atoms with E-state index in [9.17, 15) is 4.79 Å². The predicted molar refractivity (Wildman–Crippen MR) is 77.2 cm³/mol. The van der Waals surface area contributed by atoms with Crippen molar-refractivity contribution in [3.05, 3.63) is 52.3 Å². The van der Waals surface area contributed by atoms with Crippen molar-refractivity contribution < 1.29 is 4.79 Å². The third-order valence-electron chi connectivity index (χ3n) is 2.63. The van der Waals surface area contributed by atoms with E-state index in [4.69, 9.17) is 11.6 Å². The lowest BCUT2D eigenvalue weighted by molar-refractivity contribution is 0.102. The number of carbonyl (C=O) groups is 1. The topological polar surface area (TPSA) is 46.4 Å². The second-order valence-corrected chi connectivity index (χ2v) is 5.71. The van der Waals surface area contributed by atoms with Gasteiger partial charge in [-0.05, 0) is 19.1 Å². The third-order valence-corrected chi connectivity index (χ3v) is 3.87. The number of aryl methyl sites for hydroxylation is 1. The summed E-state index contributed by atoms with van der Waals surface area (Å²) in [5.41, 5.74) is 0.966. The van der Waals surface area contributed by atoms with Gasteiger partial charge in [-0.3, -0.25) is 9.20 Å². The molecule has 0 radical (unpaired) electrons. The first-order valence-electron chi connectivity index (χ1n) is 5.64. The van der Waals surface area contributed by atoms with Crippen molar-refractivity contribution >= 4 is 39.5 Å². The van der Waals surface area contributed by atoms with Gasteiger partial charge >= 0.3 is 0 Å². The highest BCUT2D eigenvalue weighted by Crippen LogP contribution is 2.22. The highest BCUT2D eigenvalue weighted by Gasteiger charge is 2.13. The van der Waals surface area contributed by atoms with Crippen LogP contribution >= 0.6 is 22.9 Å². The molecule has 2 aromatic heterocycles. The number of amides is 1. The molecule has 0 unspecified atom stereocenters. The van der Waals surface area contributed by atoms with Gasteiger partial charge in [0.2, 0.25) is 0 Å². The number of aromatic nitrogens is 2. The zero-order chi connectivity index (χ0) is 13.4. The Morgan fingerprint density at radius 2 is 2.16 bits per heavy atom. The maximum Gasteiger partial charge on any atom is 0.275 e. The number of nitrogens with zero attached hydrogens (tertiary/aromatic N) is 2. The average molecular weight is 292 g/mol. The van der Waals surface area contributed by atoms with Gasteiger partial charge in [-0.15, -0.1) is 11.3 Å². The number of hydrogen-bond donors (Lipinski definition) is 1. The van der Waals surface area contributed by atoms with E-state index in [-0.39, 0.29) is 5.91 Å². The zero-order valence-electron chi connectivity index (χ0n) is 10.1. The van der Waals surface area contributed by atoms with Crippen molar-refractivity contribution in [2.75, 3.05) is 5.32 Å². The van der Waals surface area contributed by atoms with Crippen LogP contribution in [0.4, 0.5) is 5.69 Å². The van der Waals surface area contributed by atoms with Crippen molar-refractivity contribution in [1.29, 1.82) is 0 Å². The minimum Gasteiger partial charge on any atom is -0.319 e. The summed E-state index contributed by atoms with van der Waals surface area (Å²) >= 11 is 7.54. The van der Waals surface area contributed by atoms with Crippen molar-refractivity contribution in [3.63, 3.8) is 0 Å². The number of benzene rings is 1. The monoisotopic (exact) mass is 291 g/mol. The van der Waals surface area contributed by atoms with E-state index in [1.165, 1.54) is 0 Å². The first-order valence-corrected chi connectivity index (χ1v) is 6.84. The van der Waals surface area contributed by atoms with E-state index in [1.54, 1.807) is 29.7 Å². The molecule has 0 aliphatic carbocycles. The third kappa shape index (κ3) is 2.34. The SMILES string of the molecule is Cc1cn2cc(C(=O)Nc3ccccc3Cl)nc2s1. The average Bonchev–Trinajstić information content (AvgIpc) is 2.89. The number of fused-ring (bicyclic) bond motifs is 1. The van der Waals surface area contributed by atoms with Crippen molar-refractivity contribution in [1.82, 2.24) is 9.38 Å². The van der Waals surface area contributed by atoms with Crippen LogP contribution in [0.5, 0.6) is 0 Å². The maximum absolute atomic E-state index is 12.1. The van der Waals surface area contributed by atoms with Crippen LogP contribution in [-0.4, -0.2) is 15.3 Å². The quantitative estimate of drug-likeness (QED) is 0.784. The smallest absolute Gasteiger partial charge is 0.275 e. The van der Waals surface area contributed by atoms with Crippen molar-refractivity contribution in [2.45, 2.75) is 6.92 Å². The molecule has 0 aliphatic rings. The molecule has 96 valence electrons. The molecule has 1 aromatic carbocycles. The van der Waals surface area contributed by atoms with Gasteiger partial charge in [0.1, 0.15) is 5.69 Å². The largest absolute Gasteiger partial charge is 0.319 e. The molecule has 19 heavy (non-hydrogen) atoms. The normalized spacial score (nSPS) is 10.8. The Bertz CT molecular complexity index is 731. The minimum atomic E-state index is -0.262. The van der Waals surface area contributed by atoms with E-state index in [0.717, 1.165) is 9.84 Å². The molecular weight excluding hydrogens is 282 g/mol. The number of carbonyl (C=O) groups excluding carboxylic acids is 1. The molecule has 1 amide bonds. The standard InChI is InChI=1S/C13H10ClN3OS/c1-8-6-17-7-11(16-13(17)19-8)12(18)15-10-5-3-2-4-9(10)14/h2-7H,1H3,(H,15,18). The first-order chi connectivity index (χ1) is 9.13. The van der Waals surface area contributed by atoms with E-state index in [2.05, 4.69) is 10.3 Å². The Balaban J connectivity index is 1.87. The number of para-hydroxylation sites is 1. The van der Waals surface area contributed by atoms with Crippen LogP contribution in [0.25, 0.3) is 4.96 Å². The molecule has 0 saturated carbocycles. The summed E-state index contributed by atoms with van der Waals surface area (Å²) in [6.45, 7) is 2.00. The summed E-state index contributed by atoms with van der Waals surface area (Å²) in [7, 11) is 0. The molecule has 3 rings (SSSR count). The molecule has 0 atom stereocenters. The fourth-order valence-electron chi connectivity index (χ4n) is 1.77. The number of rotatable bonds is 2. The second kappa shape index (κ2) is 4.68. The summed E-state index contributed by atoms with van der Waals surface area (Å²) < 4.78 is 1.85. The molecule has 1 N–H and O–H groups in total. The molecule has 0 saturated heterocycles. The van der Waals surface area contributed by atoms with Crippen LogP contribution in [-0.2, 0) is 0 Å². The molecule has 0 spiro atoms. The van der Waals surface area contributed by atoms with Gasteiger partial charge in [0, 0.05) is 17.3 Å². The molecule has 0 bridgehead atoms. The van der Waals surface area contributed by atoms with E-state index < -0.39 is 0 Å². The van der Waals surface area contributed by atoms with Gasteiger partial charge in [-0.1, -0.05) is 23.7 Å². The molecule has 3 aromatic rings. The van der Waals surface area contributed by atoms with Crippen LogP contribution in [0.1, 0.15) is 15.4 Å². The fourth-order valence-corrected chi connectivity index (χ4v) is 2.76. The first kappa shape index (κ1) is 12.2. The van der Waals surface area contributed by atoms with Crippen LogP contribution < -0.4 is 5.32 Å². The summed E-state index contributed by atoms with van der Waals surface area (Å²) in [6, 6.07) is 7.11. The van der Waals surface area contributed by atoms with Gasteiger partial charge in [0.05, 0.1) is 10.7 Å². The maximum atomic E-state index is 12.1. The summed E-state index contributed by atoms with van der Waals surface area (Å²) in [5.74, 6) is -0.262. The number of hydrogen-bond acceptors (Lipinski definition) is 3. The predicted octanol–water partition coefficient (Wildman–Crippen LogP) is 3.61. The Kier molecular flexibility index (Phi) is 3.00. The number of halogens is 1. The number of nitrogens with one attached hydrogen (secondary N) is 1. The lowest BCUT2D eigenvalue weighted by atomic mass is 10.3. The van der Waals surface area contributed by atoms with Crippen LogP contribution in [0.15, 0.2) is 36.7 Å². The molecule has 0 fully saturated rings. The summed E-state index contributed by atoms with van der Waals surface area (Å²) in [5, 5.41) is 3.26. The van der Waals surface area contributed by atoms with Crippen LogP contribution in [0.3, 0.4) is 0 Å². The van der Waals surface area contributed by atoms with Crippen LogP contribution in [0, 0.1) is 6.92 Å². The van der Waals surface area contributed by atoms with Crippen molar-refractivity contribution in [3.8, 4) is 0 Å². The Morgan fingerprint density at radius 1 is 1.37 bits per heavy atom. The minimum absolute atomic E-state index is 0.262. The highest BCUT2D eigenvalue weighted by atomic mass is 35.5. The Hall–Kier alpha value is -1.85. The second-order valence-electron chi connectivity index (χ2n) is 4.09. The zero-order valence-corrected chi connectivity index (χ0v) is 11.6. The Labute approximate surface area is 118 Å². The molecule has 0 aliphatic heterocycles. The highest BCUT2D eigenvalue weighted by molar-refractivity contribution is 7.17. The number of imidazole rings is 1. The molecule has 2 heterocycles. The Morgan fingerprint density at radius 3 is 2.89 bits per heavy atom. The summed E-state index contributed by atoms with van der Waals surface area (Å²) in [4.78, 5) is 18.3. The van der Waals surface area contributed by atoms with Gasteiger partial charge in [-0.2, -0.15) is 0 Å². The van der Waals surface area contributed by atoms with Gasteiger partial charge in [-0.25, -0.2) is 4.98 Å². The van der Waals surface area contributed by atoms with E-state index in [0.29, 0.717) is 16.4 Å². The molecular formula is C13H10ClN3OS. The van der Waals surface area contributed by atoms with Crippen LogP contribution in [0.2, 0.25) is 5.02 Å². The van der Waals surface area contributed by atoms with Gasteiger partial charge < -0.3 is 5.32 Å². The van der Waals surface area contributed by atoms with Gasteiger partial charge in [0.15, 0.2) is 4.96 Å².